The van der Waals surface area contributed by atoms with Gasteiger partial charge < -0.3 is 9.64 Å². The smallest absolute Gasteiger partial charge is 0.340 e. The molecule has 0 unspecified atom stereocenters. The van der Waals surface area contributed by atoms with Crippen molar-refractivity contribution >= 4 is 23.2 Å². The Bertz CT molecular complexity index is 754. The van der Waals surface area contributed by atoms with Crippen molar-refractivity contribution in [1.29, 1.82) is 0 Å². The number of carbonyl (C=O) groups is 2. The number of nitrogens with zero attached hydrogens (tertiary/aromatic N) is 1. The quantitative estimate of drug-likeness (QED) is 0.764. The Balaban J connectivity index is 1.61. The number of amides is 1. The molecule has 4 nitrogen and oxygen atoms in total. The molecule has 25 heavy (non-hydrogen) atoms. The molecular formula is C20H23NO3S. The van der Waals surface area contributed by atoms with Crippen LogP contribution in [0.5, 0.6) is 0 Å². The summed E-state index contributed by atoms with van der Waals surface area (Å²) in [6, 6.07) is 9.76. The van der Waals surface area contributed by atoms with E-state index in [1.54, 1.807) is 30.2 Å². The van der Waals surface area contributed by atoms with Gasteiger partial charge in [-0.3, -0.25) is 4.79 Å². The van der Waals surface area contributed by atoms with Gasteiger partial charge >= 0.3 is 5.97 Å². The lowest BCUT2D eigenvalue weighted by Gasteiger charge is -2.22. The van der Waals surface area contributed by atoms with Crippen LogP contribution in [0.3, 0.4) is 0 Å². The molecule has 0 aliphatic heterocycles. The van der Waals surface area contributed by atoms with E-state index < -0.39 is 6.10 Å². The molecule has 0 bridgehead atoms. The maximum Gasteiger partial charge on any atom is 0.340 e. The molecule has 0 fully saturated rings. The first-order valence-electron chi connectivity index (χ1n) is 8.65. The van der Waals surface area contributed by atoms with Crippen LogP contribution >= 0.6 is 11.3 Å². The van der Waals surface area contributed by atoms with Crippen LogP contribution in [0.15, 0.2) is 35.7 Å². The van der Waals surface area contributed by atoms with E-state index in [2.05, 4.69) is 0 Å². The van der Waals surface area contributed by atoms with Gasteiger partial charge in [-0.1, -0.05) is 30.3 Å². The van der Waals surface area contributed by atoms with Gasteiger partial charge in [0.1, 0.15) is 0 Å². The molecule has 0 radical (unpaired) electrons. The molecule has 2 aromatic rings. The molecule has 0 saturated carbocycles. The summed E-state index contributed by atoms with van der Waals surface area (Å²) >= 11 is 1.63. The Morgan fingerprint density at radius 3 is 2.68 bits per heavy atom. The summed E-state index contributed by atoms with van der Waals surface area (Å²) in [7, 11) is 1.73. The molecule has 0 saturated heterocycles. The Labute approximate surface area is 152 Å². The fourth-order valence-corrected chi connectivity index (χ4v) is 4.30. The highest BCUT2D eigenvalue weighted by atomic mass is 32.1. The van der Waals surface area contributed by atoms with Gasteiger partial charge in [0.2, 0.25) is 0 Å². The first-order valence-corrected chi connectivity index (χ1v) is 9.53. The molecule has 1 amide bonds. The van der Waals surface area contributed by atoms with E-state index in [9.17, 15) is 9.59 Å². The van der Waals surface area contributed by atoms with Crippen molar-refractivity contribution in [3.05, 3.63) is 57.3 Å². The third-order valence-electron chi connectivity index (χ3n) is 4.55. The molecule has 1 aromatic heterocycles. The summed E-state index contributed by atoms with van der Waals surface area (Å²) in [5.74, 6) is -0.574. The summed E-state index contributed by atoms with van der Waals surface area (Å²) in [5.41, 5.74) is 2.81. The van der Waals surface area contributed by atoms with Gasteiger partial charge in [-0.2, -0.15) is 0 Å². The number of hydrogen-bond donors (Lipinski definition) is 0. The van der Waals surface area contributed by atoms with Crippen molar-refractivity contribution in [1.82, 2.24) is 4.90 Å². The largest absolute Gasteiger partial charge is 0.449 e. The topological polar surface area (TPSA) is 46.6 Å². The predicted molar refractivity (Wildman–Crippen MR) is 98.8 cm³/mol. The minimum Gasteiger partial charge on any atom is -0.449 e. The first-order chi connectivity index (χ1) is 12.1. The Hall–Kier alpha value is -2.14. The second kappa shape index (κ2) is 7.83. The van der Waals surface area contributed by atoms with Crippen LogP contribution in [0.2, 0.25) is 0 Å². The average Bonchev–Trinajstić information content (AvgIpc) is 3.06. The van der Waals surface area contributed by atoms with Crippen LogP contribution in [0, 0.1) is 0 Å². The summed E-state index contributed by atoms with van der Waals surface area (Å²) in [6.45, 7) is 2.13. The van der Waals surface area contributed by atoms with Gasteiger partial charge in [0.05, 0.1) is 5.56 Å². The number of aryl methyl sites for hydroxylation is 1. The van der Waals surface area contributed by atoms with Gasteiger partial charge in [-0.05, 0) is 43.7 Å². The Kier molecular flexibility index (Phi) is 5.53. The third kappa shape index (κ3) is 4.10. The molecule has 1 aliphatic rings. The van der Waals surface area contributed by atoms with E-state index in [1.807, 2.05) is 35.7 Å². The fourth-order valence-electron chi connectivity index (χ4n) is 3.19. The van der Waals surface area contributed by atoms with E-state index in [4.69, 9.17) is 4.74 Å². The van der Waals surface area contributed by atoms with Gasteiger partial charge in [0, 0.05) is 23.8 Å². The number of thiophene rings is 1. The molecule has 132 valence electrons. The van der Waals surface area contributed by atoms with E-state index in [0.717, 1.165) is 30.4 Å². The highest BCUT2D eigenvalue weighted by molar-refractivity contribution is 7.10. The minimum absolute atomic E-state index is 0.193. The number of likely N-dealkylation sites (N-methyl/N-ethyl adjacent to an activating group) is 1. The maximum absolute atomic E-state index is 12.5. The van der Waals surface area contributed by atoms with Gasteiger partial charge in [-0.15, -0.1) is 11.3 Å². The average molecular weight is 357 g/mol. The zero-order valence-electron chi connectivity index (χ0n) is 14.7. The zero-order chi connectivity index (χ0) is 17.8. The molecule has 0 N–H and O–H groups in total. The molecular weight excluding hydrogens is 334 g/mol. The second-order valence-corrected chi connectivity index (χ2v) is 7.45. The number of hydrogen-bond acceptors (Lipinski definition) is 4. The predicted octanol–water partition coefficient (Wildman–Crippen LogP) is 3.83. The molecule has 0 spiro atoms. The fraction of sp³-hybridized carbons (Fsp3) is 0.400. The third-order valence-corrected chi connectivity index (χ3v) is 5.64. The van der Waals surface area contributed by atoms with Crippen molar-refractivity contribution in [2.75, 3.05) is 7.05 Å². The lowest BCUT2D eigenvalue weighted by molar-refractivity contribution is -0.139. The summed E-state index contributed by atoms with van der Waals surface area (Å²) in [4.78, 5) is 27.9. The van der Waals surface area contributed by atoms with E-state index in [0.29, 0.717) is 12.1 Å². The van der Waals surface area contributed by atoms with Crippen molar-refractivity contribution in [2.24, 2.45) is 0 Å². The van der Waals surface area contributed by atoms with Gasteiger partial charge in [0.25, 0.3) is 5.91 Å². The summed E-state index contributed by atoms with van der Waals surface area (Å²) < 4.78 is 5.46. The van der Waals surface area contributed by atoms with Crippen molar-refractivity contribution in [3.63, 3.8) is 0 Å². The molecule has 5 heteroatoms. The monoisotopic (exact) mass is 357 g/mol. The van der Waals surface area contributed by atoms with Gasteiger partial charge in [-0.25, -0.2) is 4.79 Å². The maximum atomic E-state index is 12.5. The van der Waals surface area contributed by atoms with E-state index in [1.165, 1.54) is 11.3 Å². The minimum atomic E-state index is -0.791. The summed E-state index contributed by atoms with van der Waals surface area (Å²) in [5, 5.41) is 1.88. The molecule has 1 heterocycles. The first kappa shape index (κ1) is 17.7. The number of esters is 1. The van der Waals surface area contributed by atoms with Crippen molar-refractivity contribution in [2.45, 2.75) is 45.3 Å². The lowest BCUT2D eigenvalue weighted by Crippen LogP contribution is -2.37. The molecule has 3 rings (SSSR count). The standard InChI is InChI=1S/C20H23NO3S/c1-14(19(22)21(2)12-15-8-4-3-5-9-15)24-20(23)17-13-25-18-11-7-6-10-16(17)18/h3-5,8-9,13-14H,6-7,10-12H2,1-2H3/t14-/m0/s1. The zero-order valence-corrected chi connectivity index (χ0v) is 15.5. The second-order valence-electron chi connectivity index (χ2n) is 6.49. The number of rotatable bonds is 5. The van der Waals surface area contributed by atoms with Crippen molar-refractivity contribution < 1.29 is 14.3 Å². The number of carbonyl (C=O) groups excluding carboxylic acids is 2. The molecule has 1 aromatic carbocycles. The van der Waals surface area contributed by atoms with Crippen LogP contribution in [-0.2, 0) is 28.9 Å². The highest BCUT2D eigenvalue weighted by Gasteiger charge is 2.26. The van der Waals surface area contributed by atoms with Crippen LogP contribution in [0.25, 0.3) is 0 Å². The van der Waals surface area contributed by atoms with Crippen molar-refractivity contribution in [3.8, 4) is 0 Å². The number of ether oxygens (including phenoxy) is 1. The SMILES string of the molecule is C[C@H](OC(=O)c1csc2c1CCCC2)C(=O)N(C)Cc1ccccc1. The summed E-state index contributed by atoms with van der Waals surface area (Å²) in [6.07, 6.45) is 3.47. The van der Waals surface area contributed by atoms with Gasteiger partial charge in [0.15, 0.2) is 6.10 Å². The number of fused-ring (bicyclic) bond motifs is 1. The normalized spacial score (nSPS) is 14.5. The van der Waals surface area contributed by atoms with Crippen LogP contribution in [0.1, 0.15) is 46.1 Å². The number of benzene rings is 1. The Morgan fingerprint density at radius 2 is 1.92 bits per heavy atom. The van der Waals surface area contributed by atoms with Crippen LogP contribution in [-0.4, -0.2) is 29.9 Å². The van der Waals surface area contributed by atoms with E-state index in [-0.39, 0.29) is 11.9 Å². The van der Waals surface area contributed by atoms with Crippen LogP contribution in [0.4, 0.5) is 0 Å². The molecule has 1 aliphatic carbocycles. The highest BCUT2D eigenvalue weighted by Crippen LogP contribution is 2.30. The lowest BCUT2D eigenvalue weighted by atomic mass is 9.96. The Morgan fingerprint density at radius 1 is 1.20 bits per heavy atom. The molecule has 1 atom stereocenters. The van der Waals surface area contributed by atoms with E-state index >= 15 is 0 Å². The van der Waals surface area contributed by atoms with Crippen LogP contribution < -0.4 is 0 Å².